The summed E-state index contributed by atoms with van der Waals surface area (Å²) in [6.45, 7) is 3.86. The lowest BCUT2D eigenvalue weighted by atomic mass is 10.0. The van der Waals surface area contributed by atoms with E-state index < -0.39 is 0 Å². The summed E-state index contributed by atoms with van der Waals surface area (Å²) >= 11 is 0. The predicted molar refractivity (Wildman–Crippen MR) is 71.1 cm³/mol. The number of anilines is 1. The van der Waals surface area contributed by atoms with E-state index in [1.54, 1.807) is 12.4 Å². The lowest BCUT2D eigenvalue weighted by Gasteiger charge is -2.18. The molecule has 18 heavy (non-hydrogen) atoms. The standard InChI is InChI=1S/C13H17N5/c1-8-6-10(13(14)17-7-8)12(15-3)11-4-5-16-9(2)18-11/h4-7,12,15H,1-3H3,(H2,14,17). The molecule has 3 N–H and O–H groups in total. The summed E-state index contributed by atoms with van der Waals surface area (Å²) < 4.78 is 0. The van der Waals surface area contributed by atoms with Crippen LogP contribution < -0.4 is 11.1 Å². The van der Waals surface area contributed by atoms with E-state index in [4.69, 9.17) is 5.73 Å². The fourth-order valence-corrected chi connectivity index (χ4v) is 1.93. The van der Waals surface area contributed by atoms with Crippen molar-refractivity contribution in [1.82, 2.24) is 20.3 Å². The van der Waals surface area contributed by atoms with E-state index in [0.717, 1.165) is 22.6 Å². The molecule has 0 aliphatic carbocycles. The Morgan fingerprint density at radius 1 is 1.28 bits per heavy atom. The average Bonchev–Trinajstić information content (AvgIpc) is 2.35. The van der Waals surface area contributed by atoms with Gasteiger partial charge >= 0.3 is 0 Å². The Morgan fingerprint density at radius 2 is 2.06 bits per heavy atom. The van der Waals surface area contributed by atoms with Gasteiger partial charge in [0.25, 0.3) is 0 Å². The monoisotopic (exact) mass is 243 g/mol. The molecule has 0 aliphatic rings. The van der Waals surface area contributed by atoms with E-state index in [0.29, 0.717) is 5.82 Å². The minimum Gasteiger partial charge on any atom is -0.383 e. The Bertz CT molecular complexity index is 553. The van der Waals surface area contributed by atoms with Crippen LogP contribution in [-0.2, 0) is 0 Å². The molecular formula is C13H17N5. The fourth-order valence-electron chi connectivity index (χ4n) is 1.93. The Kier molecular flexibility index (Phi) is 3.53. The number of nitrogens with zero attached hydrogens (tertiary/aromatic N) is 3. The van der Waals surface area contributed by atoms with E-state index >= 15 is 0 Å². The first-order valence-electron chi connectivity index (χ1n) is 5.80. The molecule has 0 bridgehead atoms. The molecule has 0 aromatic carbocycles. The molecule has 2 aromatic rings. The maximum Gasteiger partial charge on any atom is 0.128 e. The van der Waals surface area contributed by atoms with Crippen LogP contribution in [0.3, 0.4) is 0 Å². The Morgan fingerprint density at radius 3 is 2.72 bits per heavy atom. The molecule has 5 heteroatoms. The van der Waals surface area contributed by atoms with Crippen LogP contribution in [0, 0.1) is 13.8 Å². The quantitative estimate of drug-likeness (QED) is 0.851. The predicted octanol–water partition coefficient (Wildman–Crippen LogP) is 1.38. The highest BCUT2D eigenvalue weighted by molar-refractivity contribution is 5.45. The van der Waals surface area contributed by atoms with E-state index in [2.05, 4.69) is 20.3 Å². The third-order valence-corrected chi connectivity index (χ3v) is 2.78. The molecule has 0 saturated heterocycles. The molecule has 1 atom stereocenters. The first kappa shape index (κ1) is 12.4. The maximum atomic E-state index is 5.95. The van der Waals surface area contributed by atoms with Crippen molar-refractivity contribution >= 4 is 5.82 Å². The molecule has 0 fully saturated rings. The number of nitrogens with two attached hydrogens (primary N) is 1. The molecule has 2 aromatic heterocycles. The second kappa shape index (κ2) is 5.10. The summed E-state index contributed by atoms with van der Waals surface area (Å²) in [4.78, 5) is 12.7. The average molecular weight is 243 g/mol. The van der Waals surface area contributed by atoms with Gasteiger partial charge in [0, 0.05) is 18.0 Å². The zero-order valence-corrected chi connectivity index (χ0v) is 10.8. The number of hydrogen-bond acceptors (Lipinski definition) is 5. The van der Waals surface area contributed by atoms with E-state index in [1.165, 1.54) is 0 Å². The van der Waals surface area contributed by atoms with Crippen LogP contribution in [0.15, 0.2) is 24.5 Å². The number of pyridine rings is 1. The van der Waals surface area contributed by atoms with Gasteiger partial charge in [-0.2, -0.15) is 0 Å². The zero-order valence-electron chi connectivity index (χ0n) is 10.8. The van der Waals surface area contributed by atoms with Gasteiger partial charge in [0.2, 0.25) is 0 Å². The van der Waals surface area contributed by atoms with Crippen molar-refractivity contribution in [1.29, 1.82) is 0 Å². The minimum atomic E-state index is -0.0703. The molecule has 2 rings (SSSR count). The second-order valence-corrected chi connectivity index (χ2v) is 4.24. The summed E-state index contributed by atoms with van der Waals surface area (Å²) in [5, 5.41) is 3.22. The van der Waals surface area contributed by atoms with Crippen LogP contribution in [0.4, 0.5) is 5.82 Å². The van der Waals surface area contributed by atoms with Gasteiger partial charge < -0.3 is 11.1 Å². The highest BCUT2D eigenvalue weighted by Crippen LogP contribution is 2.24. The summed E-state index contributed by atoms with van der Waals surface area (Å²) in [7, 11) is 1.88. The van der Waals surface area contributed by atoms with Crippen LogP contribution in [0.2, 0.25) is 0 Å². The fraction of sp³-hybridized carbons (Fsp3) is 0.308. The van der Waals surface area contributed by atoms with Crippen LogP contribution >= 0.6 is 0 Å². The molecule has 1 unspecified atom stereocenters. The Balaban J connectivity index is 2.48. The van der Waals surface area contributed by atoms with Crippen LogP contribution in [-0.4, -0.2) is 22.0 Å². The lowest BCUT2D eigenvalue weighted by Crippen LogP contribution is -2.21. The van der Waals surface area contributed by atoms with Gasteiger partial charge in [-0.25, -0.2) is 15.0 Å². The number of nitrogen functional groups attached to an aromatic ring is 1. The van der Waals surface area contributed by atoms with Gasteiger partial charge in [-0.05, 0) is 38.6 Å². The molecule has 0 saturated carbocycles. The molecule has 5 nitrogen and oxygen atoms in total. The number of nitrogens with one attached hydrogen (secondary N) is 1. The second-order valence-electron chi connectivity index (χ2n) is 4.24. The van der Waals surface area contributed by atoms with E-state index in [1.807, 2.05) is 33.0 Å². The van der Waals surface area contributed by atoms with E-state index in [-0.39, 0.29) is 6.04 Å². The van der Waals surface area contributed by atoms with Crippen molar-refractivity contribution in [3.63, 3.8) is 0 Å². The molecule has 0 aliphatic heterocycles. The lowest BCUT2D eigenvalue weighted by molar-refractivity contribution is 0.663. The Labute approximate surface area is 106 Å². The van der Waals surface area contributed by atoms with Crippen LogP contribution in [0.1, 0.15) is 28.7 Å². The van der Waals surface area contributed by atoms with Gasteiger partial charge in [-0.1, -0.05) is 0 Å². The summed E-state index contributed by atoms with van der Waals surface area (Å²) in [5.74, 6) is 1.27. The summed E-state index contributed by atoms with van der Waals surface area (Å²) in [6.07, 6.45) is 3.51. The number of rotatable bonds is 3. The van der Waals surface area contributed by atoms with Crippen molar-refractivity contribution in [2.24, 2.45) is 0 Å². The number of hydrogen-bond donors (Lipinski definition) is 2. The molecule has 0 amide bonds. The highest BCUT2D eigenvalue weighted by Gasteiger charge is 2.17. The Hall–Kier alpha value is -2.01. The molecule has 2 heterocycles. The topological polar surface area (TPSA) is 76.7 Å². The molecule has 0 radical (unpaired) electrons. The number of aromatic nitrogens is 3. The van der Waals surface area contributed by atoms with Crippen molar-refractivity contribution in [2.45, 2.75) is 19.9 Å². The SMILES string of the molecule is CNC(c1ccnc(C)n1)c1cc(C)cnc1N. The van der Waals surface area contributed by atoms with Crippen molar-refractivity contribution < 1.29 is 0 Å². The van der Waals surface area contributed by atoms with Crippen LogP contribution in [0.25, 0.3) is 0 Å². The van der Waals surface area contributed by atoms with Crippen molar-refractivity contribution in [3.05, 3.63) is 47.2 Å². The zero-order chi connectivity index (χ0) is 13.1. The molecule has 94 valence electrons. The van der Waals surface area contributed by atoms with Crippen molar-refractivity contribution in [3.8, 4) is 0 Å². The van der Waals surface area contributed by atoms with Crippen molar-refractivity contribution in [2.75, 3.05) is 12.8 Å². The van der Waals surface area contributed by atoms with Gasteiger partial charge in [-0.3, -0.25) is 0 Å². The molecule has 0 spiro atoms. The van der Waals surface area contributed by atoms with Gasteiger partial charge in [0.05, 0.1) is 11.7 Å². The third kappa shape index (κ3) is 2.46. The van der Waals surface area contributed by atoms with Crippen LogP contribution in [0.5, 0.6) is 0 Å². The smallest absolute Gasteiger partial charge is 0.128 e. The highest BCUT2D eigenvalue weighted by atomic mass is 15.0. The first-order chi connectivity index (χ1) is 8.61. The normalized spacial score (nSPS) is 12.4. The summed E-state index contributed by atoms with van der Waals surface area (Å²) in [6, 6.07) is 3.84. The van der Waals surface area contributed by atoms with E-state index in [9.17, 15) is 0 Å². The van der Waals surface area contributed by atoms with Gasteiger partial charge in [0.15, 0.2) is 0 Å². The maximum absolute atomic E-state index is 5.95. The minimum absolute atomic E-state index is 0.0703. The first-order valence-corrected chi connectivity index (χ1v) is 5.80. The largest absolute Gasteiger partial charge is 0.383 e. The number of aryl methyl sites for hydroxylation is 2. The van der Waals surface area contributed by atoms with Gasteiger partial charge in [0.1, 0.15) is 11.6 Å². The van der Waals surface area contributed by atoms with Gasteiger partial charge in [-0.15, -0.1) is 0 Å². The molecular weight excluding hydrogens is 226 g/mol. The third-order valence-electron chi connectivity index (χ3n) is 2.78. The summed E-state index contributed by atoms with van der Waals surface area (Å²) in [5.41, 5.74) is 8.85.